The number of fused-ring (bicyclic) bond motifs is 1. The van der Waals surface area contributed by atoms with Crippen LogP contribution in [-0.2, 0) is 0 Å². The molecule has 0 atom stereocenters. The van der Waals surface area contributed by atoms with Crippen LogP contribution in [0.25, 0.3) is 11.0 Å². The van der Waals surface area contributed by atoms with Crippen LogP contribution in [0, 0.1) is 0 Å². The lowest BCUT2D eigenvalue weighted by Crippen LogP contribution is -2.24. The Balaban J connectivity index is 1.64. The molecule has 0 fully saturated rings. The van der Waals surface area contributed by atoms with E-state index in [4.69, 9.17) is 21.4 Å². The Hall–Kier alpha value is -2.86. The highest BCUT2D eigenvalue weighted by Gasteiger charge is 2.06. The Kier molecular flexibility index (Phi) is 4.77. The highest BCUT2D eigenvalue weighted by molar-refractivity contribution is 7.80. The van der Waals surface area contributed by atoms with E-state index in [1.807, 2.05) is 61.5 Å². The summed E-state index contributed by atoms with van der Waals surface area (Å²) in [7, 11) is 1.63. The van der Waals surface area contributed by atoms with E-state index in [-0.39, 0.29) is 0 Å². The van der Waals surface area contributed by atoms with Crippen LogP contribution >= 0.6 is 12.2 Å². The molecule has 0 spiro atoms. The number of furan rings is 1. The van der Waals surface area contributed by atoms with Gasteiger partial charge in [-0.1, -0.05) is 18.2 Å². The average molecular weight is 339 g/mol. The van der Waals surface area contributed by atoms with Gasteiger partial charge in [-0.3, -0.25) is 5.43 Å². The fourth-order valence-corrected chi connectivity index (χ4v) is 2.35. The van der Waals surface area contributed by atoms with Crippen molar-refractivity contribution < 1.29 is 9.15 Å². The summed E-state index contributed by atoms with van der Waals surface area (Å²) in [5.41, 5.74) is 5.22. The number of hydrogen-bond donors (Lipinski definition) is 2. The van der Waals surface area contributed by atoms with Crippen molar-refractivity contribution in [2.24, 2.45) is 5.10 Å². The van der Waals surface area contributed by atoms with E-state index in [0.29, 0.717) is 16.6 Å². The van der Waals surface area contributed by atoms with Crippen molar-refractivity contribution in [3.05, 3.63) is 60.4 Å². The van der Waals surface area contributed by atoms with Crippen molar-refractivity contribution in [3.8, 4) is 5.75 Å². The lowest BCUT2D eigenvalue weighted by atomic mass is 10.2. The van der Waals surface area contributed by atoms with E-state index in [2.05, 4.69) is 15.8 Å². The van der Waals surface area contributed by atoms with Gasteiger partial charge in [0.15, 0.2) is 10.9 Å². The molecule has 6 heteroatoms. The molecule has 0 amide bonds. The summed E-state index contributed by atoms with van der Waals surface area (Å²) < 4.78 is 10.9. The molecule has 0 bridgehead atoms. The fourth-order valence-electron chi connectivity index (χ4n) is 2.18. The molecule has 0 aliphatic rings. The first-order valence-electron chi connectivity index (χ1n) is 7.40. The summed E-state index contributed by atoms with van der Waals surface area (Å²) in [6.45, 7) is 1.86. The summed E-state index contributed by atoms with van der Waals surface area (Å²) >= 11 is 5.24. The van der Waals surface area contributed by atoms with Gasteiger partial charge in [-0.2, -0.15) is 5.10 Å². The van der Waals surface area contributed by atoms with Crippen molar-refractivity contribution in [1.82, 2.24) is 5.43 Å². The van der Waals surface area contributed by atoms with Gasteiger partial charge in [0, 0.05) is 11.1 Å². The second-order valence-electron chi connectivity index (χ2n) is 5.14. The Morgan fingerprint density at radius 2 is 1.88 bits per heavy atom. The van der Waals surface area contributed by atoms with Crippen LogP contribution in [0.1, 0.15) is 12.7 Å². The molecule has 1 aromatic heterocycles. The molecule has 122 valence electrons. The molecule has 2 aromatic carbocycles. The molecule has 0 aliphatic carbocycles. The Bertz CT molecular complexity index is 852. The maximum Gasteiger partial charge on any atom is 0.191 e. The van der Waals surface area contributed by atoms with Gasteiger partial charge in [-0.05, 0) is 55.5 Å². The highest BCUT2D eigenvalue weighted by Crippen LogP contribution is 2.19. The fraction of sp³-hybridized carbons (Fsp3) is 0.111. The standard InChI is InChI=1S/C18H17N3O2S/c1-12(17-11-13-5-3-4-6-16(13)23-17)20-21-18(24)19-14-7-9-15(22-2)10-8-14/h3-11H,1-2H3,(H2,19,21,24)/b20-12-. The quantitative estimate of drug-likeness (QED) is 0.425. The number of ether oxygens (including phenoxy) is 1. The van der Waals surface area contributed by atoms with Crippen molar-refractivity contribution in [3.63, 3.8) is 0 Å². The molecule has 0 saturated carbocycles. The second-order valence-corrected chi connectivity index (χ2v) is 5.55. The number of rotatable bonds is 4. The summed E-state index contributed by atoms with van der Waals surface area (Å²) in [5.74, 6) is 1.49. The van der Waals surface area contributed by atoms with Crippen LogP contribution in [0.15, 0.2) is 64.1 Å². The zero-order valence-corrected chi connectivity index (χ0v) is 14.2. The van der Waals surface area contributed by atoms with Crippen molar-refractivity contribution >= 4 is 39.7 Å². The summed E-state index contributed by atoms with van der Waals surface area (Å²) in [6, 6.07) is 17.3. The van der Waals surface area contributed by atoms with E-state index in [1.54, 1.807) is 7.11 Å². The van der Waals surface area contributed by atoms with Gasteiger partial charge in [0.25, 0.3) is 0 Å². The molecule has 0 saturated heterocycles. The van der Waals surface area contributed by atoms with Crippen LogP contribution in [-0.4, -0.2) is 17.9 Å². The Labute approximate surface area is 145 Å². The SMILES string of the molecule is COc1ccc(NC(=S)N/N=C(/C)c2cc3ccccc3o2)cc1. The molecular weight excluding hydrogens is 322 g/mol. The number of benzene rings is 2. The monoisotopic (exact) mass is 339 g/mol. The first kappa shape index (κ1) is 16.0. The van der Waals surface area contributed by atoms with Gasteiger partial charge in [0.2, 0.25) is 0 Å². The smallest absolute Gasteiger partial charge is 0.191 e. The number of anilines is 1. The lowest BCUT2D eigenvalue weighted by molar-refractivity contribution is 0.415. The molecule has 5 nitrogen and oxygen atoms in total. The summed E-state index contributed by atoms with van der Waals surface area (Å²) in [5, 5.41) is 8.76. The topological polar surface area (TPSA) is 58.8 Å². The number of hydrazone groups is 1. The van der Waals surface area contributed by atoms with Crippen LogP contribution in [0.2, 0.25) is 0 Å². The molecule has 0 unspecified atom stereocenters. The predicted molar refractivity (Wildman–Crippen MR) is 101 cm³/mol. The normalized spacial score (nSPS) is 11.3. The van der Waals surface area contributed by atoms with E-state index in [1.165, 1.54) is 0 Å². The van der Waals surface area contributed by atoms with Gasteiger partial charge in [-0.25, -0.2) is 0 Å². The van der Waals surface area contributed by atoms with E-state index >= 15 is 0 Å². The number of methoxy groups -OCH3 is 1. The molecule has 2 N–H and O–H groups in total. The van der Waals surface area contributed by atoms with Crippen molar-refractivity contribution in [2.45, 2.75) is 6.92 Å². The van der Waals surface area contributed by atoms with Crippen molar-refractivity contribution in [1.29, 1.82) is 0 Å². The molecule has 24 heavy (non-hydrogen) atoms. The Morgan fingerprint density at radius 1 is 1.12 bits per heavy atom. The number of para-hydroxylation sites is 1. The van der Waals surface area contributed by atoms with Crippen LogP contribution in [0.3, 0.4) is 0 Å². The maximum absolute atomic E-state index is 5.76. The predicted octanol–water partition coefficient (Wildman–Crippen LogP) is 4.15. The molecule has 3 aromatic rings. The third-order valence-corrected chi connectivity index (χ3v) is 3.65. The summed E-state index contributed by atoms with van der Waals surface area (Å²) in [4.78, 5) is 0. The van der Waals surface area contributed by atoms with Gasteiger partial charge in [0.1, 0.15) is 17.0 Å². The summed E-state index contributed by atoms with van der Waals surface area (Å²) in [6.07, 6.45) is 0. The maximum atomic E-state index is 5.76. The number of thiocarbonyl (C=S) groups is 1. The minimum atomic E-state index is 0.399. The van der Waals surface area contributed by atoms with E-state index in [0.717, 1.165) is 22.4 Å². The van der Waals surface area contributed by atoms with Gasteiger partial charge in [-0.15, -0.1) is 0 Å². The van der Waals surface area contributed by atoms with E-state index in [9.17, 15) is 0 Å². The van der Waals surface area contributed by atoms with Crippen LogP contribution < -0.4 is 15.5 Å². The molecule has 0 aliphatic heterocycles. The highest BCUT2D eigenvalue weighted by atomic mass is 32.1. The molecular formula is C18H17N3O2S. The molecule has 0 radical (unpaired) electrons. The van der Waals surface area contributed by atoms with Gasteiger partial charge < -0.3 is 14.5 Å². The first-order valence-corrected chi connectivity index (χ1v) is 7.81. The zero-order chi connectivity index (χ0) is 16.9. The van der Waals surface area contributed by atoms with Gasteiger partial charge in [0.05, 0.1) is 7.11 Å². The number of nitrogens with zero attached hydrogens (tertiary/aromatic N) is 1. The van der Waals surface area contributed by atoms with Crippen LogP contribution in [0.5, 0.6) is 5.75 Å². The third kappa shape index (κ3) is 3.72. The molecule has 1 heterocycles. The minimum absolute atomic E-state index is 0.399. The largest absolute Gasteiger partial charge is 0.497 e. The molecule has 3 rings (SSSR count). The van der Waals surface area contributed by atoms with E-state index < -0.39 is 0 Å². The second kappa shape index (κ2) is 7.14. The zero-order valence-electron chi connectivity index (χ0n) is 13.4. The van der Waals surface area contributed by atoms with Gasteiger partial charge >= 0.3 is 0 Å². The Morgan fingerprint density at radius 3 is 2.58 bits per heavy atom. The van der Waals surface area contributed by atoms with Crippen molar-refractivity contribution in [2.75, 3.05) is 12.4 Å². The number of hydrogen-bond acceptors (Lipinski definition) is 4. The average Bonchev–Trinajstić information content (AvgIpc) is 3.04. The lowest BCUT2D eigenvalue weighted by Gasteiger charge is -2.08. The number of nitrogens with one attached hydrogen (secondary N) is 2. The third-order valence-electron chi connectivity index (χ3n) is 3.46. The van der Waals surface area contributed by atoms with Crippen LogP contribution in [0.4, 0.5) is 5.69 Å². The minimum Gasteiger partial charge on any atom is -0.497 e. The first-order chi connectivity index (χ1) is 11.7.